The summed E-state index contributed by atoms with van der Waals surface area (Å²) in [7, 11) is 0. The molecule has 136 valence electrons. The van der Waals surface area contributed by atoms with E-state index in [2.05, 4.69) is 15.3 Å². The third-order valence-electron chi connectivity index (χ3n) is 4.43. The van der Waals surface area contributed by atoms with Gasteiger partial charge in [0.2, 0.25) is 5.95 Å². The molecule has 28 heavy (non-hydrogen) atoms. The monoisotopic (exact) mass is 385 g/mol. The number of nitrogens with one attached hydrogen (secondary N) is 1. The largest absolute Gasteiger partial charge is 0.326 e. The average Bonchev–Trinajstić information content (AvgIpc) is 3.11. The molecule has 0 bridgehead atoms. The predicted octanol–water partition coefficient (Wildman–Crippen LogP) is 4.19. The highest BCUT2D eigenvalue weighted by Crippen LogP contribution is 2.28. The van der Waals surface area contributed by atoms with Crippen LogP contribution in [0.2, 0.25) is 0 Å². The molecule has 0 spiro atoms. The number of anilines is 2. The summed E-state index contributed by atoms with van der Waals surface area (Å²) in [6, 6.07) is 19.6. The minimum Gasteiger partial charge on any atom is -0.326 e. The third-order valence-corrected chi connectivity index (χ3v) is 5.49. The molecular weight excluding hydrogens is 370 g/mol. The number of rotatable bonds is 4. The van der Waals surface area contributed by atoms with Crippen LogP contribution >= 0.6 is 11.3 Å². The highest BCUT2D eigenvalue weighted by atomic mass is 32.1. The lowest BCUT2D eigenvalue weighted by Gasteiger charge is -2.14. The first-order valence-electron chi connectivity index (χ1n) is 8.79. The van der Waals surface area contributed by atoms with Crippen molar-refractivity contribution in [3.8, 4) is 0 Å². The lowest BCUT2D eigenvalue weighted by Crippen LogP contribution is -2.24. The van der Waals surface area contributed by atoms with E-state index in [4.69, 9.17) is 4.98 Å². The second-order valence-electron chi connectivity index (χ2n) is 6.29. The van der Waals surface area contributed by atoms with Gasteiger partial charge in [0.15, 0.2) is 0 Å². The maximum Gasteiger partial charge on any atom is 0.273 e. The number of aromatic nitrogens is 4. The Morgan fingerprint density at radius 3 is 2.39 bits per heavy atom. The Morgan fingerprint density at radius 2 is 1.61 bits per heavy atom. The summed E-state index contributed by atoms with van der Waals surface area (Å²) in [5, 5.41) is 3.29. The fraction of sp³-hybridized carbons (Fsp3) is 0.0476. The molecule has 0 aliphatic rings. The molecule has 2 aromatic carbocycles. The van der Waals surface area contributed by atoms with E-state index >= 15 is 0 Å². The Morgan fingerprint density at radius 1 is 0.893 bits per heavy atom. The molecule has 0 amide bonds. The van der Waals surface area contributed by atoms with Crippen molar-refractivity contribution in [2.24, 2.45) is 0 Å². The average molecular weight is 385 g/mol. The molecule has 1 N–H and O–H groups in total. The molecule has 0 unspecified atom stereocenters. The Labute approximate surface area is 164 Å². The molecule has 5 rings (SSSR count). The van der Waals surface area contributed by atoms with Crippen LogP contribution < -0.4 is 10.9 Å². The van der Waals surface area contributed by atoms with Crippen molar-refractivity contribution in [1.29, 1.82) is 0 Å². The Balaban J connectivity index is 1.74. The van der Waals surface area contributed by atoms with Crippen molar-refractivity contribution < 1.29 is 0 Å². The molecule has 0 saturated carbocycles. The van der Waals surface area contributed by atoms with Gasteiger partial charge in [0.1, 0.15) is 20.6 Å². The minimum absolute atomic E-state index is 0.0999. The van der Waals surface area contributed by atoms with Crippen molar-refractivity contribution in [1.82, 2.24) is 19.5 Å². The van der Waals surface area contributed by atoms with Crippen LogP contribution in [0.4, 0.5) is 11.6 Å². The second-order valence-corrected chi connectivity index (χ2v) is 7.29. The van der Waals surface area contributed by atoms with Gasteiger partial charge in [-0.15, -0.1) is 11.3 Å². The topological polar surface area (TPSA) is 72.7 Å². The first-order valence-corrected chi connectivity index (χ1v) is 9.61. The van der Waals surface area contributed by atoms with Gasteiger partial charge in [0.05, 0.1) is 6.54 Å². The molecule has 0 fully saturated rings. The van der Waals surface area contributed by atoms with E-state index in [0.717, 1.165) is 11.3 Å². The number of nitrogens with zero attached hydrogens (tertiary/aromatic N) is 4. The van der Waals surface area contributed by atoms with Crippen molar-refractivity contribution >= 4 is 43.5 Å². The zero-order valence-electron chi connectivity index (χ0n) is 14.7. The first-order chi connectivity index (χ1) is 13.8. The van der Waals surface area contributed by atoms with Crippen LogP contribution in [0.25, 0.3) is 20.6 Å². The molecule has 3 heterocycles. The highest BCUT2D eigenvalue weighted by molar-refractivity contribution is 7.25. The quantitative estimate of drug-likeness (QED) is 0.502. The van der Waals surface area contributed by atoms with Gasteiger partial charge in [-0.05, 0) is 17.7 Å². The van der Waals surface area contributed by atoms with Gasteiger partial charge in [-0.3, -0.25) is 9.36 Å². The van der Waals surface area contributed by atoms with Gasteiger partial charge in [0, 0.05) is 18.1 Å². The molecule has 5 aromatic rings. The molecule has 7 heteroatoms. The number of para-hydroxylation sites is 1. The van der Waals surface area contributed by atoms with Crippen LogP contribution in [0.1, 0.15) is 5.56 Å². The van der Waals surface area contributed by atoms with Crippen LogP contribution in [-0.2, 0) is 6.54 Å². The van der Waals surface area contributed by atoms with Crippen LogP contribution in [-0.4, -0.2) is 19.5 Å². The van der Waals surface area contributed by atoms with Gasteiger partial charge in [-0.2, -0.15) is 0 Å². The number of thiophene rings is 1. The molecule has 0 saturated heterocycles. The molecular formula is C21H15N5OS. The minimum atomic E-state index is -0.0999. The predicted molar refractivity (Wildman–Crippen MR) is 112 cm³/mol. The molecule has 6 nitrogen and oxygen atoms in total. The lowest BCUT2D eigenvalue weighted by atomic mass is 10.2. The van der Waals surface area contributed by atoms with E-state index in [1.165, 1.54) is 11.3 Å². The maximum absolute atomic E-state index is 13.4. The van der Waals surface area contributed by atoms with Crippen LogP contribution in [0, 0.1) is 0 Å². The summed E-state index contributed by atoms with van der Waals surface area (Å²) in [6.07, 6.45) is 3.25. The Kier molecular flexibility index (Phi) is 4.06. The number of hydrogen-bond donors (Lipinski definition) is 1. The fourth-order valence-corrected chi connectivity index (χ4v) is 4.10. The smallest absolute Gasteiger partial charge is 0.273 e. The van der Waals surface area contributed by atoms with Gasteiger partial charge >= 0.3 is 0 Å². The molecule has 0 radical (unpaired) electrons. The summed E-state index contributed by atoms with van der Waals surface area (Å²) in [6.45, 7) is 0.423. The Hall–Kier alpha value is -3.58. The van der Waals surface area contributed by atoms with Crippen LogP contribution in [0.15, 0.2) is 77.9 Å². The molecule has 0 atom stereocenters. The summed E-state index contributed by atoms with van der Waals surface area (Å²) in [5.41, 5.74) is 3.03. The number of benzene rings is 2. The van der Waals surface area contributed by atoms with E-state index in [9.17, 15) is 4.79 Å². The number of fused-ring (bicyclic) bond motifs is 3. The summed E-state index contributed by atoms with van der Waals surface area (Å²) < 4.78 is 2.23. The summed E-state index contributed by atoms with van der Waals surface area (Å²) in [4.78, 5) is 27.6. The van der Waals surface area contributed by atoms with E-state index in [0.29, 0.717) is 33.1 Å². The normalized spacial score (nSPS) is 11.1. The second kappa shape index (κ2) is 6.86. The fourth-order valence-electron chi connectivity index (χ4n) is 3.11. The SMILES string of the molecule is O=c1c2sc3nccnc3c2nc(Nc2ccccc2)n1Cc1ccccc1. The third kappa shape index (κ3) is 2.91. The maximum atomic E-state index is 13.4. The van der Waals surface area contributed by atoms with Crippen LogP contribution in [0.3, 0.4) is 0 Å². The zero-order valence-corrected chi connectivity index (χ0v) is 15.6. The Bertz CT molecular complexity index is 1330. The van der Waals surface area contributed by atoms with Gasteiger partial charge in [-0.1, -0.05) is 48.5 Å². The van der Waals surface area contributed by atoms with E-state index in [1.54, 1.807) is 17.0 Å². The van der Waals surface area contributed by atoms with Gasteiger partial charge in [0.25, 0.3) is 5.56 Å². The molecule has 0 aliphatic heterocycles. The van der Waals surface area contributed by atoms with Crippen molar-refractivity contribution in [3.63, 3.8) is 0 Å². The summed E-state index contributed by atoms with van der Waals surface area (Å²) in [5.74, 6) is 0.484. The molecule has 3 aromatic heterocycles. The highest BCUT2D eigenvalue weighted by Gasteiger charge is 2.17. The first kappa shape index (κ1) is 16.6. The zero-order chi connectivity index (χ0) is 18.9. The summed E-state index contributed by atoms with van der Waals surface area (Å²) >= 11 is 1.33. The van der Waals surface area contributed by atoms with E-state index in [-0.39, 0.29) is 5.56 Å². The van der Waals surface area contributed by atoms with E-state index in [1.807, 2.05) is 60.7 Å². The lowest BCUT2D eigenvalue weighted by molar-refractivity contribution is 0.762. The van der Waals surface area contributed by atoms with E-state index < -0.39 is 0 Å². The van der Waals surface area contributed by atoms with Gasteiger partial charge in [-0.25, -0.2) is 15.0 Å². The molecule has 0 aliphatic carbocycles. The van der Waals surface area contributed by atoms with Crippen molar-refractivity contribution in [2.45, 2.75) is 6.54 Å². The van der Waals surface area contributed by atoms with Crippen molar-refractivity contribution in [3.05, 3.63) is 89.0 Å². The van der Waals surface area contributed by atoms with Crippen molar-refractivity contribution in [2.75, 3.05) is 5.32 Å². The van der Waals surface area contributed by atoms with Crippen LogP contribution in [0.5, 0.6) is 0 Å². The number of hydrogen-bond acceptors (Lipinski definition) is 6. The van der Waals surface area contributed by atoms with Gasteiger partial charge < -0.3 is 5.32 Å². The standard InChI is InChI=1S/C21H15N5OS/c27-20-18-16(17-19(28-18)23-12-11-22-17)25-21(24-15-9-5-2-6-10-15)26(20)13-14-7-3-1-4-8-14/h1-12H,13H2,(H,24,25).